The fraction of sp³-hybridized carbons (Fsp3) is 0.650. The fourth-order valence-electron chi connectivity index (χ4n) is 4.93. The van der Waals surface area contributed by atoms with Gasteiger partial charge in [0.1, 0.15) is 0 Å². The Kier molecular flexibility index (Phi) is 5.81. The van der Waals surface area contributed by atoms with Gasteiger partial charge in [-0.1, -0.05) is 23.7 Å². The van der Waals surface area contributed by atoms with Crippen LogP contribution in [0.5, 0.6) is 0 Å². The largest absolute Gasteiger partial charge is 0.381 e. The minimum Gasteiger partial charge on any atom is -0.381 e. The van der Waals surface area contributed by atoms with Gasteiger partial charge in [-0.25, -0.2) is 17.5 Å². The Morgan fingerprint density at radius 2 is 1.76 bits per heavy atom. The third-order valence-corrected chi connectivity index (χ3v) is 8.55. The number of carbonyl (C=O) groups excluding carboxylic acids is 1. The van der Waals surface area contributed by atoms with E-state index < -0.39 is 10.0 Å². The number of hydrogen-bond acceptors (Lipinski definition) is 4. The molecule has 1 aromatic rings. The van der Waals surface area contributed by atoms with Gasteiger partial charge in [0.25, 0.3) is 0 Å². The molecule has 7 nitrogen and oxygen atoms in total. The van der Waals surface area contributed by atoms with Crippen LogP contribution >= 0.6 is 11.6 Å². The van der Waals surface area contributed by atoms with E-state index in [1.807, 2.05) is 7.05 Å². The number of nitrogens with zero attached hydrogens (tertiary/aromatic N) is 3. The Hall–Kier alpha value is -1.35. The fourth-order valence-corrected chi connectivity index (χ4v) is 6.62. The molecule has 0 aliphatic carbocycles. The molecular formula is C20H28ClN3O4S. The lowest BCUT2D eigenvalue weighted by molar-refractivity contribution is -0.0129. The van der Waals surface area contributed by atoms with Crippen molar-refractivity contribution in [1.82, 2.24) is 14.1 Å². The van der Waals surface area contributed by atoms with Crippen molar-refractivity contribution >= 4 is 27.7 Å². The molecule has 160 valence electrons. The van der Waals surface area contributed by atoms with Crippen LogP contribution in [0.4, 0.5) is 4.79 Å². The van der Waals surface area contributed by atoms with E-state index in [1.165, 1.54) is 0 Å². The number of piperidine rings is 1. The topological polar surface area (TPSA) is 70.2 Å². The SMILES string of the molecule is CN1CC2(CCOCC2)N(C2CCN(S(=O)(=O)Cc3ccc(Cl)cc3)CC2)C1=O. The molecule has 0 aromatic heterocycles. The minimum absolute atomic E-state index is 0.0263. The van der Waals surface area contributed by atoms with E-state index >= 15 is 0 Å². The van der Waals surface area contributed by atoms with Crippen LogP contribution in [0.1, 0.15) is 31.2 Å². The first-order chi connectivity index (χ1) is 13.8. The van der Waals surface area contributed by atoms with Gasteiger partial charge >= 0.3 is 6.03 Å². The van der Waals surface area contributed by atoms with Gasteiger partial charge in [0.05, 0.1) is 11.3 Å². The summed E-state index contributed by atoms with van der Waals surface area (Å²) in [5.41, 5.74) is 0.563. The molecule has 3 fully saturated rings. The maximum absolute atomic E-state index is 12.9. The number of ether oxygens (including phenoxy) is 1. The molecule has 0 bridgehead atoms. The number of amides is 2. The summed E-state index contributed by atoms with van der Waals surface area (Å²) in [6.07, 6.45) is 3.03. The molecule has 29 heavy (non-hydrogen) atoms. The molecule has 3 saturated heterocycles. The van der Waals surface area contributed by atoms with E-state index in [9.17, 15) is 13.2 Å². The average Bonchev–Trinajstić information content (AvgIpc) is 2.93. The third-order valence-electron chi connectivity index (χ3n) is 6.44. The lowest BCUT2D eigenvalue weighted by atomic mass is 9.87. The van der Waals surface area contributed by atoms with Crippen LogP contribution < -0.4 is 0 Å². The molecule has 1 aromatic carbocycles. The number of rotatable bonds is 4. The first-order valence-corrected chi connectivity index (χ1v) is 12.1. The van der Waals surface area contributed by atoms with E-state index in [4.69, 9.17) is 16.3 Å². The van der Waals surface area contributed by atoms with Gasteiger partial charge < -0.3 is 14.5 Å². The number of halogens is 1. The lowest BCUT2D eigenvalue weighted by Gasteiger charge is -2.46. The number of hydrogen-bond donors (Lipinski definition) is 0. The summed E-state index contributed by atoms with van der Waals surface area (Å²) in [4.78, 5) is 16.7. The predicted octanol–water partition coefficient (Wildman–Crippen LogP) is 2.55. The van der Waals surface area contributed by atoms with Crippen LogP contribution in [0.2, 0.25) is 5.02 Å². The summed E-state index contributed by atoms with van der Waals surface area (Å²) in [5, 5.41) is 0.592. The zero-order valence-corrected chi connectivity index (χ0v) is 18.3. The van der Waals surface area contributed by atoms with Crippen molar-refractivity contribution in [3.8, 4) is 0 Å². The van der Waals surface area contributed by atoms with Crippen molar-refractivity contribution in [2.75, 3.05) is 39.9 Å². The Balaban J connectivity index is 1.43. The van der Waals surface area contributed by atoms with E-state index in [-0.39, 0.29) is 23.4 Å². The van der Waals surface area contributed by atoms with Gasteiger partial charge in [0, 0.05) is 51.0 Å². The molecule has 0 radical (unpaired) electrons. The van der Waals surface area contributed by atoms with Crippen molar-refractivity contribution in [3.63, 3.8) is 0 Å². The molecule has 3 heterocycles. The summed E-state index contributed by atoms with van der Waals surface area (Å²) in [6.45, 7) is 2.96. The first-order valence-electron chi connectivity index (χ1n) is 10.2. The smallest absolute Gasteiger partial charge is 0.320 e. The number of carbonyl (C=O) groups is 1. The van der Waals surface area contributed by atoms with Gasteiger partial charge in [-0.15, -0.1) is 0 Å². The van der Waals surface area contributed by atoms with E-state index in [2.05, 4.69) is 4.90 Å². The maximum Gasteiger partial charge on any atom is 0.320 e. The van der Waals surface area contributed by atoms with Crippen LogP contribution in [0.25, 0.3) is 0 Å². The van der Waals surface area contributed by atoms with Crippen molar-refractivity contribution in [1.29, 1.82) is 0 Å². The van der Waals surface area contributed by atoms with Crippen LogP contribution in [-0.2, 0) is 20.5 Å². The van der Waals surface area contributed by atoms with E-state index in [0.717, 1.165) is 24.9 Å². The maximum atomic E-state index is 12.9. The molecule has 1 spiro atoms. The molecule has 3 aliphatic rings. The summed E-state index contributed by atoms with van der Waals surface area (Å²) in [5.74, 6) is -0.0263. The summed E-state index contributed by atoms with van der Waals surface area (Å²) in [7, 11) is -1.55. The normalized spacial score (nSPS) is 23.9. The number of likely N-dealkylation sites (N-methyl/N-ethyl adjacent to an activating group) is 1. The van der Waals surface area contributed by atoms with Crippen LogP contribution in [0, 0.1) is 0 Å². The third kappa shape index (κ3) is 4.13. The summed E-state index contributed by atoms with van der Waals surface area (Å²) < 4.78 is 32.8. The molecule has 4 rings (SSSR count). The van der Waals surface area contributed by atoms with Gasteiger partial charge in [-0.3, -0.25) is 0 Å². The Morgan fingerprint density at radius 3 is 2.38 bits per heavy atom. The van der Waals surface area contributed by atoms with Gasteiger partial charge in [0.2, 0.25) is 10.0 Å². The zero-order valence-electron chi connectivity index (χ0n) is 16.7. The molecule has 2 amide bonds. The molecule has 0 atom stereocenters. The van der Waals surface area contributed by atoms with Gasteiger partial charge in [0.15, 0.2) is 0 Å². The molecule has 0 N–H and O–H groups in total. The van der Waals surface area contributed by atoms with Crippen LogP contribution in [0.15, 0.2) is 24.3 Å². The standard InChI is InChI=1S/C20H28ClN3O4S/c1-22-15-20(8-12-28-13-9-20)24(19(22)25)18-6-10-23(11-7-18)29(26,27)14-16-2-4-17(21)5-3-16/h2-5,18H,6-15H2,1H3. The van der Waals surface area contributed by atoms with Crippen molar-refractivity contribution in [2.24, 2.45) is 0 Å². The number of sulfonamides is 1. The predicted molar refractivity (Wildman–Crippen MR) is 111 cm³/mol. The second-order valence-electron chi connectivity index (χ2n) is 8.36. The second-order valence-corrected chi connectivity index (χ2v) is 10.8. The highest BCUT2D eigenvalue weighted by atomic mass is 35.5. The first kappa shape index (κ1) is 20.9. The van der Waals surface area contributed by atoms with Crippen LogP contribution in [-0.4, -0.2) is 80.0 Å². The Labute approximate surface area is 177 Å². The number of benzene rings is 1. The highest BCUT2D eigenvalue weighted by Crippen LogP contribution is 2.39. The van der Waals surface area contributed by atoms with Crippen molar-refractivity contribution in [2.45, 2.75) is 43.0 Å². The molecule has 0 saturated carbocycles. The molecule has 3 aliphatic heterocycles. The monoisotopic (exact) mass is 441 g/mol. The van der Waals surface area contributed by atoms with Gasteiger partial charge in [-0.05, 0) is 43.4 Å². The van der Waals surface area contributed by atoms with Crippen molar-refractivity contribution < 1.29 is 17.9 Å². The quantitative estimate of drug-likeness (QED) is 0.720. The molecule has 9 heteroatoms. The van der Waals surface area contributed by atoms with E-state index in [0.29, 0.717) is 44.2 Å². The second kappa shape index (κ2) is 8.06. The lowest BCUT2D eigenvalue weighted by Crippen LogP contribution is -2.57. The zero-order chi connectivity index (χ0) is 20.6. The van der Waals surface area contributed by atoms with Gasteiger partial charge in [-0.2, -0.15) is 0 Å². The highest BCUT2D eigenvalue weighted by molar-refractivity contribution is 7.88. The number of urea groups is 1. The minimum atomic E-state index is -3.40. The molecule has 0 unspecified atom stereocenters. The highest BCUT2D eigenvalue weighted by Gasteiger charge is 2.52. The molecular weight excluding hydrogens is 414 g/mol. The summed E-state index contributed by atoms with van der Waals surface area (Å²) >= 11 is 5.89. The average molecular weight is 442 g/mol. The van der Waals surface area contributed by atoms with Crippen LogP contribution in [0.3, 0.4) is 0 Å². The Morgan fingerprint density at radius 1 is 1.14 bits per heavy atom. The summed E-state index contributed by atoms with van der Waals surface area (Å²) in [6, 6.07) is 7.06. The Bertz CT molecular complexity index is 847. The van der Waals surface area contributed by atoms with Crippen molar-refractivity contribution in [3.05, 3.63) is 34.9 Å². The van der Waals surface area contributed by atoms with E-state index in [1.54, 1.807) is 33.5 Å².